The lowest BCUT2D eigenvalue weighted by Crippen LogP contribution is -2.21. The Kier molecular flexibility index (Phi) is 3.79. The number of carbonyl (C=O) groups is 1. The van der Waals surface area contributed by atoms with Crippen molar-refractivity contribution in [1.29, 1.82) is 0 Å². The average Bonchev–Trinajstić information content (AvgIpc) is 2.41. The molecule has 0 atom stereocenters. The fourth-order valence-corrected chi connectivity index (χ4v) is 1.53. The minimum atomic E-state index is -1.28. The molecule has 8 heteroatoms. The van der Waals surface area contributed by atoms with E-state index in [1.54, 1.807) is 0 Å². The molecule has 0 fully saturated rings. The van der Waals surface area contributed by atoms with Gasteiger partial charge < -0.3 is 10.2 Å². The third-order valence-electron chi connectivity index (χ3n) is 2.47. The van der Waals surface area contributed by atoms with Crippen molar-refractivity contribution in [2.45, 2.75) is 0 Å². The molecule has 6 nitrogen and oxygen atoms in total. The predicted octanol–water partition coefficient (Wildman–Crippen LogP) is 1.31. The second-order valence-corrected chi connectivity index (χ2v) is 3.93. The molecule has 1 heterocycles. The zero-order valence-electron chi connectivity index (χ0n) is 10.3. The quantitative estimate of drug-likeness (QED) is 0.833. The molecular weight excluding hydrogens is 286 g/mol. The third-order valence-corrected chi connectivity index (χ3v) is 2.47. The van der Waals surface area contributed by atoms with Gasteiger partial charge in [-0.15, -0.1) is 0 Å². The zero-order chi connectivity index (χ0) is 15.6. The molecule has 2 rings (SSSR count). The molecule has 0 saturated heterocycles. The minimum Gasteiger partial charge on any atom is -0.505 e. The van der Waals surface area contributed by atoms with Crippen LogP contribution >= 0.6 is 0 Å². The van der Waals surface area contributed by atoms with Crippen LogP contribution in [0, 0.1) is 11.6 Å². The van der Waals surface area contributed by atoms with E-state index in [1.165, 1.54) is 0 Å². The zero-order valence-corrected chi connectivity index (χ0v) is 10.3. The maximum Gasteiger partial charge on any atom is 0.328 e. The fourth-order valence-electron chi connectivity index (χ4n) is 1.53. The highest BCUT2D eigenvalue weighted by atomic mass is 19.2. The minimum absolute atomic E-state index is 0.0659. The Morgan fingerprint density at radius 1 is 1.24 bits per heavy atom. The molecule has 108 valence electrons. The van der Waals surface area contributed by atoms with E-state index >= 15 is 0 Å². The van der Waals surface area contributed by atoms with Crippen molar-refractivity contribution < 1.29 is 23.8 Å². The van der Waals surface area contributed by atoms with Crippen molar-refractivity contribution in [1.82, 2.24) is 9.78 Å². The van der Waals surface area contributed by atoms with E-state index in [-0.39, 0.29) is 11.4 Å². The maximum absolute atomic E-state index is 13.2. The van der Waals surface area contributed by atoms with E-state index in [9.17, 15) is 23.5 Å². The number of halogens is 2. The molecule has 0 radical (unpaired) electrons. The van der Waals surface area contributed by atoms with Crippen molar-refractivity contribution >= 4 is 12.0 Å². The Labute approximate surface area is 116 Å². The Hall–Kier alpha value is -3.03. The van der Waals surface area contributed by atoms with Crippen LogP contribution in [0.15, 0.2) is 35.1 Å². The van der Waals surface area contributed by atoms with Crippen LogP contribution in [-0.4, -0.2) is 26.0 Å². The van der Waals surface area contributed by atoms with Gasteiger partial charge in [0.05, 0.1) is 5.69 Å². The maximum atomic E-state index is 13.2. The van der Waals surface area contributed by atoms with E-state index < -0.39 is 28.9 Å². The number of aromatic hydroxyl groups is 1. The number of carboxylic acid groups (broad SMARTS) is 1. The molecule has 2 N–H and O–H groups in total. The highest BCUT2D eigenvalue weighted by molar-refractivity contribution is 5.85. The summed E-state index contributed by atoms with van der Waals surface area (Å²) in [5.41, 5.74) is -1.06. The van der Waals surface area contributed by atoms with Crippen LogP contribution in [0.2, 0.25) is 0 Å². The van der Waals surface area contributed by atoms with Crippen molar-refractivity contribution in [3.63, 3.8) is 0 Å². The number of aliphatic carboxylic acids is 1. The SMILES string of the molecule is O=C(O)/C=C/c1nn(-c2ccc(F)c(F)c2)c(=O)cc1O. The lowest BCUT2D eigenvalue weighted by atomic mass is 10.3. The summed E-state index contributed by atoms with van der Waals surface area (Å²) >= 11 is 0. The first-order chi connectivity index (χ1) is 9.88. The van der Waals surface area contributed by atoms with Gasteiger partial charge >= 0.3 is 5.97 Å². The number of hydrogen-bond donors (Lipinski definition) is 2. The van der Waals surface area contributed by atoms with Crippen LogP contribution in [-0.2, 0) is 4.79 Å². The number of rotatable bonds is 3. The van der Waals surface area contributed by atoms with Gasteiger partial charge in [0.1, 0.15) is 11.4 Å². The van der Waals surface area contributed by atoms with Crippen molar-refractivity contribution in [3.05, 3.63) is 58.0 Å². The summed E-state index contributed by atoms with van der Waals surface area (Å²) in [5.74, 6) is -4.06. The number of aromatic nitrogens is 2. The molecule has 0 aliphatic heterocycles. The van der Waals surface area contributed by atoms with Gasteiger partial charge in [-0.2, -0.15) is 9.78 Å². The van der Waals surface area contributed by atoms with E-state index in [2.05, 4.69) is 5.10 Å². The summed E-state index contributed by atoms with van der Waals surface area (Å²) in [7, 11) is 0. The van der Waals surface area contributed by atoms with Gasteiger partial charge in [0.25, 0.3) is 5.56 Å². The second-order valence-electron chi connectivity index (χ2n) is 3.93. The van der Waals surface area contributed by atoms with Gasteiger partial charge in [-0.05, 0) is 18.2 Å². The van der Waals surface area contributed by atoms with Crippen molar-refractivity contribution in [3.8, 4) is 11.4 Å². The van der Waals surface area contributed by atoms with Gasteiger partial charge in [0.15, 0.2) is 11.6 Å². The lowest BCUT2D eigenvalue weighted by Gasteiger charge is -2.07. The molecule has 1 aromatic carbocycles. The smallest absolute Gasteiger partial charge is 0.328 e. The van der Waals surface area contributed by atoms with Gasteiger partial charge in [-0.25, -0.2) is 13.6 Å². The number of carboxylic acids is 1. The van der Waals surface area contributed by atoms with Crippen LogP contribution in [0.3, 0.4) is 0 Å². The molecule has 0 unspecified atom stereocenters. The van der Waals surface area contributed by atoms with Gasteiger partial charge in [0, 0.05) is 18.2 Å². The molecular formula is C13H8F2N2O4. The summed E-state index contributed by atoms with van der Waals surface area (Å²) in [6, 6.07) is 3.48. The van der Waals surface area contributed by atoms with E-state index in [0.717, 1.165) is 30.3 Å². The Balaban J connectivity index is 2.58. The van der Waals surface area contributed by atoms with E-state index in [4.69, 9.17) is 5.11 Å². The van der Waals surface area contributed by atoms with Crippen LogP contribution in [0.25, 0.3) is 11.8 Å². The number of benzene rings is 1. The van der Waals surface area contributed by atoms with Crippen LogP contribution < -0.4 is 5.56 Å². The Bertz CT molecular complexity index is 799. The van der Waals surface area contributed by atoms with E-state index in [0.29, 0.717) is 10.8 Å². The predicted molar refractivity (Wildman–Crippen MR) is 68.1 cm³/mol. The standard InChI is InChI=1S/C13H8F2N2O4/c14-8-2-1-7(5-9(8)15)17-12(19)6-11(18)10(16-17)3-4-13(20)21/h1-6,18H,(H,20,21)/b4-3+. The van der Waals surface area contributed by atoms with Gasteiger partial charge in [-0.1, -0.05) is 0 Å². The molecule has 1 aromatic heterocycles. The Morgan fingerprint density at radius 3 is 2.57 bits per heavy atom. The third kappa shape index (κ3) is 3.11. The van der Waals surface area contributed by atoms with Gasteiger partial charge in [-0.3, -0.25) is 4.79 Å². The number of hydrogen-bond acceptors (Lipinski definition) is 4. The highest BCUT2D eigenvalue weighted by Gasteiger charge is 2.10. The molecule has 2 aromatic rings. The molecule has 0 spiro atoms. The van der Waals surface area contributed by atoms with Crippen molar-refractivity contribution in [2.24, 2.45) is 0 Å². The molecule has 0 bridgehead atoms. The summed E-state index contributed by atoms with van der Waals surface area (Å²) in [6.45, 7) is 0. The summed E-state index contributed by atoms with van der Waals surface area (Å²) < 4.78 is 26.8. The molecule has 21 heavy (non-hydrogen) atoms. The lowest BCUT2D eigenvalue weighted by molar-refractivity contribution is -0.131. The first-order valence-electron chi connectivity index (χ1n) is 5.58. The molecule has 0 aliphatic carbocycles. The normalized spacial score (nSPS) is 11.0. The first kappa shape index (κ1) is 14.4. The van der Waals surface area contributed by atoms with E-state index in [1.807, 2.05) is 0 Å². The summed E-state index contributed by atoms with van der Waals surface area (Å²) in [4.78, 5) is 22.1. The molecule has 0 aliphatic rings. The molecule has 0 saturated carbocycles. The molecule has 0 amide bonds. The Morgan fingerprint density at radius 2 is 1.95 bits per heavy atom. The number of nitrogens with zero attached hydrogens (tertiary/aromatic N) is 2. The first-order valence-corrected chi connectivity index (χ1v) is 5.58. The summed E-state index contributed by atoms with van der Waals surface area (Å²) in [6.07, 6.45) is 1.68. The monoisotopic (exact) mass is 294 g/mol. The van der Waals surface area contributed by atoms with Crippen LogP contribution in [0.4, 0.5) is 8.78 Å². The van der Waals surface area contributed by atoms with Crippen LogP contribution in [0.5, 0.6) is 5.75 Å². The largest absolute Gasteiger partial charge is 0.505 e. The summed E-state index contributed by atoms with van der Waals surface area (Å²) in [5, 5.41) is 21.7. The second kappa shape index (κ2) is 5.53. The van der Waals surface area contributed by atoms with Crippen molar-refractivity contribution in [2.75, 3.05) is 0 Å². The topological polar surface area (TPSA) is 92.4 Å². The average molecular weight is 294 g/mol. The van der Waals surface area contributed by atoms with Crippen LogP contribution in [0.1, 0.15) is 5.69 Å². The van der Waals surface area contributed by atoms with Gasteiger partial charge in [0.2, 0.25) is 0 Å². The highest BCUT2D eigenvalue weighted by Crippen LogP contribution is 2.15. The fraction of sp³-hybridized carbons (Fsp3) is 0.